The third-order valence-electron chi connectivity index (χ3n) is 3.77. The Hall–Kier alpha value is -3.02. The predicted molar refractivity (Wildman–Crippen MR) is 103 cm³/mol. The molecule has 0 aliphatic carbocycles. The zero-order valence-corrected chi connectivity index (χ0v) is 15.2. The van der Waals surface area contributed by atoms with Crippen molar-refractivity contribution in [3.8, 4) is 5.75 Å². The van der Waals surface area contributed by atoms with E-state index in [1.165, 1.54) is 0 Å². The van der Waals surface area contributed by atoms with E-state index in [0.717, 1.165) is 18.6 Å². The van der Waals surface area contributed by atoms with Crippen LogP contribution < -0.4 is 4.74 Å². The van der Waals surface area contributed by atoms with Gasteiger partial charge in [-0.05, 0) is 56.2 Å². The summed E-state index contributed by atoms with van der Waals surface area (Å²) in [5.74, 6) is 1.45. The summed E-state index contributed by atoms with van der Waals surface area (Å²) < 4.78 is 16.1. The molecule has 0 spiro atoms. The van der Waals surface area contributed by atoms with Crippen LogP contribution in [-0.4, -0.2) is 37.0 Å². The summed E-state index contributed by atoms with van der Waals surface area (Å²) >= 11 is 0. The van der Waals surface area contributed by atoms with Crippen LogP contribution in [0.2, 0.25) is 0 Å². The Kier molecular flexibility index (Phi) is 7.49. The Morgan fingerprint density at radius 1 is 1.12 bits per heavy atom. The van der Waals surface area contributed by atoms with Crippen molar-refractivity contribution in [3.05, 3.63) is 66.2 Å². The third-order valence-corrected chi connectivity index (χ3v) is 3.77. The maximum Gasteiger partial charge on any atom is 0.291 e. The smallest absolute Gasteiger partial charge is 0.291 e. The molecule has 2 rings (SSSR count). The van der Waals surface area contributed by atoms with Gasteiger partial charge in [0.05, 0.1) is 13.4 Å². The van der Waals surface area contributed by atoms with Crippen molar-refractivity contribution in [2.24, 2.45) is 0 Å². The second-order valence-electron chi connectivity index (χ2n) is 5.63. The molecule has 1 aliphatic heterocycles. The molecule has 6 heteroatoms. The second kappa shape index (κ2) is 10.1. The number of nitrogens with one attached hydrogen (secondary N) is 2. The van der Waals surface area contributed by atoms with E-state index in [1.54, 1.807) is 37.6 Å². The molecule has 6 nitrogen and oxygen atoms in total. The van der Waals surface area contributed by atoms with Gasteiger partial charge in [-0.25, -0.2) is 0 Å². The number of amidine groups is 1. The van der Waals surface area contributed by atoms with Crippen LogP contribution in [0.3, 0.4) is 0 Å². The number of allylic oxidation sites excluding steroid dienone is 2. The van der Waals surface area contributed by atoms with E-state index in [1.807, 2.05) is 36.1 Å². The zero-order valence-electron chi connectivity index (χ0n) is 15.2. The minimum atomic E-state index is -0.0549. The highest BCUT2D eigenvalue weighted by atomic mass is 16.5. The lowest BCUT2D eigenvalue weighted by Crippen LogP contribution is -2.35. The second-order valence-corrected chi connectivity index (χ2v) is 5.63. The summed E-state index contributed by atoms with van der Waals surface area (Å²) in [7, 11) is 1.59. The summed E-state index contributed by atoms with van der Waals surface area (Å²) in [5, 5.41) is 16.3. The van der Waals surface area contributed by atoms with Gasteiger partial charge in [-0.3, -0.25) is 10.8 Å². The fourth-order valence-corrected chi connectivity index (χ4v) is 2.37. The molecule has 1 aromatic carbocycles. The van der Waals surface area contributed by atoms with Crippen molar-refractivity contribution in [3.63, 3.8) is 0 Å². The van der Waals surface area contributed by atoms with E-state index in [0.29, 0.717) is 24.4 Å². The molecule has 0 bridgehead atoms. The normalized spacial score (nSPS) is 18.1. The van der Waals surface area contributed by atoms with E-state index < -0.39 is 0 Å². The molecule has 0 unspecified atom stereocenters. The zero-order chi connectivity index (χ0) is 18.8. The summed E-state index contributed by atoms with van der Waals surface area (Å²) in [6.45, 7) is 3.17. The van der Waals surface area contributed by atoms with Crippen LogP contribution in [0.15, 0.2) is 60.6 Å². The summed E-state index contributed by atoms with van der Waals surface area (Å²) in [5.41, 5.74) is 0.599. The lowest BCUT2D eigenvalue weighted by molar-refractivity contribution is 0.335. The number of ether oxygens (including phenoxy) is 3. The van der Waals surface area contributed by atoms with Gasteiger partial charge in [0.1, 0.15) is 11.5 Å². The van der Waals surface area contributed by atoms with Crippen LogP contribution in [0.5, 0.6) is 5.75 Å². The van der Waals surface area contributed by atoms with Crippen molar-refractivity contribution in [2.75, 3.05) is 20.2 Å². The minimum Gasteiger partial charge on any atom is -0.497 e. The van der Waals surface area contributed by atoms with E-state index in [4.69, 9.17) is 25.0 Å². The molecule has 1 heterocycles. The number of benzene rings is 1. The Bertz CT molecular complexity index is 706. The topological polar surface area (TPSA) is 78.6 Å². The van der Waals surface area contributed by atoms with Crippen LogP contribution in [0.1, 0.15) is 25.3 Å². The maximum absolute atomic E-state index is 8.19. The number of methoxy groups -OCH3 is 1. The molecule has 0 radical (unpaired) electrons. The Morgan fingerprint density at radius 3 is 2.54 bits per heavy atom. The predicted octanol–water partition coefficient (Wildman–Crippen LogP) is 4.06. The average Bonchev–Trinajstić information content (AvgIpc) is 2.78. The van der Waals surface area contributed by atoms with Gasteiger partial charge >= 0.3 is 0 Å². The van der Waals surface area contributed by atoms with Crippen LogP contribution >= 0.6 is 0 Å². The maximum atomic E-state index is 8.19. The SMILES string of the molecule is C/C=C/OC1=C/CCN(C(=N)OC(=N)c2ccc(OC)cc2)CC/C=C\1. The van der Waals surface area contributed by atoms with Gasteiger partial charge < -0.3 is 19.1 Å². The van der Waals surface area contributed by atoms with Gasteiger partial charge in [-0.15, -0.1) is 0 Å². The molecule has 26 heavy (non-hydrogen) atoms. The van der Waals surface area contributed by atoms with E-state index in [-0.39, 0.29) is 11.9 Å². The van der Waals surface area contributed by atoms with Crippen molar-refractivity contribution in [1.29, 1.82) is 10.8 Å². The van der Waals surface area contributed by atoms with Gasteiger partial charge in [0.25, 0.3) is 6.02 Å². The summed E-state index contributed by atoms with van der Waals surface area (Å²) in [4.78, 5) is 1.82. The minimum absolute atomic E-state index is 0.0227. The first kappa shape index (κ1) is 19.3. The van der Waals surface area contributed by atoms with Crippen molar-refractivity contribution < 1.29 is 14.2 Å². The highest BCUT2D eigenvalue weighted by molar-refractivity contribution is 5.98. The van der Waals surface area contributed by atoms with Crippen molar-refractivity contribution >= 4 is 11.9 Å². The molecule has 0 amide bonds. The monoisotopic (exact) mass is 355 g/mol. The first-order valence-electron chi connectivity index (χ1n) is 8.53. The lowest BCUT2D eigenvalue weighted by Gasteiger charge is -2.23. The van der Waals surface area contributed by atoms with Gasteiger partial charge in [-0.1, -0.05) is 12.2 Å². The molecule has 1 aromatic rings. The molecule has 0 saturated heterocycles. The van der Waals surface area contributed by atoms with Crippen LogP contribution in [0.4, 0.5) is 0 Å². The molecule has 0 aromatic heterocycles. The molecule has 0 saturated carbocycles. The van der Waals surface area contributed by atoms with Gasteiger partial charge in [-0.2, -0.15) is 0 Å². The van der Waals surface area contributed by atoms with E-state index >= 15 is 0 Å². The van der Waals surface area contributed by atoms with Crippen LogP contribution in [0.25, 0.3) is 0 Å². The van der Waals surface area contributed by atoms with Crippen LogP contribution in [0, 0.1) is 10.8 Å². The van der Waals surface area contributed by atoms with Crippen molar-refractivity contribution in [1.82, 2.24) is 4.90 Å². The molecule has 0 fully saturated rings. The lowest BCUT2D eigenvalue weighted by atomic mass is 10.2. The summed E-state index contributed by atoms with van der Waals surface area (Å²) in [6, 6.07) is 6.98. The molecule has 138 valence electrons. The first-order valence-corrected chi connectivity index (χ1v) is 8.53. The third kappa shape index (κ3) is 5.81. The fourth-order valence-electron chi connectivity index (χ4n) is 2.37. The molecule has 2 N–H and O–H groups in total. The summed E-state index contributed by atoms with van der Waals surface area (Å²) in [6.07, 6.45) is 10.9. The van der Waals surface area contributed by atoms with Crippen molar-refractivity contribution in [2.45, 2.75) is 19.8 Å². The van der Waals surface area contributed by atoms with Gasteiger partial charge in [0, 0.05) is 18.7 Å². The number of rotatable bonds is 4. The largest absolute Gasteiger partial charge is 0.497 e. The quantitative estimate of drug-likeness (QED) is 0.485. The van der Waals surface area contributed by atoms with Gasteiger partial charge in [0.2, 0.25) is 5.90 Å². The molecular formula is C20H25N3O3. The highest BCUT2D eigenvalue weighted by Gasteiger charge is 2.14. The fraction of sp³-hybridized carbons (Fsp3) is 0.300. The number of nitrogens with zero attached hydrogens (tertiary/aromatic N) is 1. The van der Waals surface area contributed by atoms with E-state index in [9.17, 15) is 0 Å². The molecule has 1 aliphatic rings. The van der Waals surface area contributed by atoms with Gasteiger partial charge in [0.15, 0.2) is 0 Å². The first-order chi connectivity index (χ1) is 12.6. The standard InChI is InChI=1S/C20H25N3O3/c1-3-15-25-18-7-4-5-13-23(14-6-8-18)20(22)26-19(21)16-9-11-17(24-2)12-10-16/h3-4,7-12,15,21-22H,5-6,13-14H2,1-2H3/b7-4-,15-3+,18-8+,21-19?,22-20?. The Balaban J connectivity index is 1.94. The molecular weight excluding hydrogens is 330 g/mol. The molecule has 0 atom stereocenters. The Morgan fingerprint density at radius 2 is 1.85 bits per heavy atom. The highest BCUT2D eigenvalue weighted by Crippen LogP contribution is 2.13. The van der Waals surface area contributed by atoms with Crippen LogP contribution in [-0.2, 0) is 9.47 Å². The number of hydrogen-bond donors (Lipinski definition) is 2. The van der Waals surface area contributed by atoms with E-state index in [2.05, 4.69) is 0 Å². The number of hydrogen-bond acceptors (Lipinski definition) is 5. The Labute approximate surface area is 154 Å². The average molecular weight is 355 g/mol.